The number of nitrogens with one attached hydrogen (secondary N) is 2. The number of alkyl carbamates (subject to hydrolysis) is 1. The van der Waals surface area contributed by atoms with E-state index in [-0.39, 0.29) is 17.5 Å². The third-order valence-electron chi connectivity index (χ3n) is 4.23. The van der Waals surface area contributed by atoms with E-state index in [1.807, 2.05) is 18.7 Å². The lowest BCUT2D eigenvalue weighted by Gasteiger charge is -2.32. The molecule has 1 aromatic heterocycles. The molecule has 1 saturated heterocycles. The molecule has 0 radical (unpaired) electrons. The van der Waals surface area contributed by atoms with Crippen LogP contribution in [0.4, 0.5) is 16.3 Å². The van der Waals surface area contributed by atoms with Gasteiger partial charge in [-0.05, 0) is 39.7 Å². The van der Waals surface area contributed by atoms with Gasteiger partial charge < -0.3 is 20.3 Å². The zero-order valence-corrected chi connectivity index (χ0v) is 18.4. The summed E-state index contributed by atoms with van der Waals surface area (Å²) >= 11 is 0. The molecule has 10 heteroatoms. The van der Waals surface area contributed by atoms with Gasteiger partial charge in [-0.2, -0.15) is 0 Å². The molecule has 0 aromatic carbocycles. The number of nitro groups is 1. The summed E-state index contributed by atoms with van der Waals surface area (Å²) in [5, 5.41) is 16.1. The lowest BCUT2D eigenvalue weighted by atomic mass is 9.96. The summed E-state index contributed by atoms with van der Waals surface area (Å²) in [5.74, 6) is 0.532. The quantitative estimate of drug-likeness (QED) is 0.409. The van der Waals surface area contributed by atoms with Crippen LogP contribution in [0.2, 0.25) is 0 Å². The minimum absolute atomic E-state index is 0.0395. The van der Waals surface area contributed by atoms with Crippen LogP contribution in [-0.2, 0) is 9.53 Å². The van der Waals surface area contributed by atoms with Gasteiger partial charge in [0.2, 0.25) is 5.91 Å². The Kier molecular flexibility index (Phi) is 10.00. The van der Waals surface area contributed by atoms with Gasteiger partial charge in [0.25, 0.3) is 5.69 Å². The first-order valence-corrected chi connectivity index (χ1v) is 10.3. The van der Waals surface area contributed by atoms with Crippen molar-refractivity contribution >= 4 is 23.5 Å². The summed E-state index contributed by atoms with van der Waals surface area (Å²) in [5.41, 5.74) is -0.599. The second kappa shape index (κ2) is 11.9. The third kappa shape index (κ3) is 8.62. The van der Waals surface area contributed by atoms with Gasteiger partial charge in [0.05, 0.1) is 4.92 Å². The number of piperidine rings is 1. The summed E-state index contributed by atoms with van der Waals surface area (Å²) in [6.07, 6.45) is 2.07. The highest BCUT2D eigenvalue weighted by atomic mass is 16.6. The molecule has 0 bridgehead atoms. The largest absolute Gasteiger partial charge is 0.444 e. The summed E-state index contributed by atoms with van der Waals surface area (Å²) in [6.45, 7) is 11.3. The average molecular weight is 424 g/mol. The van der Waals surface area contributed by atoms with E-state index < -0.39 is 16.6 Å². The number of nitrogens with zero attached hydrogens (tertiary/aromatic N) is 3. The first-order valence-electron chi connectivity index (χ1n) is 10.3. The number of ether oxygens (including phenoxy) is 1. The molecule has 0 spiro atoms. The smallest absolute Gasteiger partial charge is 0.407 e. The molecule has 0 aliphatic carbocycles. The summed E-state index contributed by atoms with van der Waals surface area (Å²) in [4.78, 5) is 40.2. The molecule has 1 aliphatic heterocycles. The van der Waals surface area contributed by atoms with Crippen LogP contribution in [0.15, 0.2) is 18.3 Å². The Morgan fingerprint density at radius 2 is 1.80 bits per heavy atom. The fraction of sp³-hybridized carbons (Fsp3) is 0.650. The molecule has 2 heterocycles. The average Bonchev–Trinajstić information content (AvgIpc) is 2.71. The van der Waals surface area contributed by atoms with E-state index >= 15 is 0 Å². The zero-order chi connectivity index (χ0) is 22.7. The van der Waals surface area contributed by atoms with E-state index in [2.05, 4.69) is 15.6 Å². The Morgan fingerprint density at radius 3 is 2.30 bits per heavy atom. The second-order valence-electron chi connectivity index (χ2n) is 7.61. The normalized spacial score (nSPS) is 14.2. The van der Waals surface area contributed by atoms with Crippen LogP contribution >= 0.6 is 0 Å². The van der Waals surface area contributed by atoms with Crippen molar-refractivity contribution in [3.05, 3.63) is 28.4 Å². The maximum absolute atomic E-state index is 12.3. The van der Waals surface area contributed by atoms with Crippen LogP contribution in [-0.4, -0.2) is 53.7 Å². The number of hydrogen-bond acceptors (Lipinski definition) is 7. The Bertz CT molecular complexity index is 695. The van der Waals surface area contributed by atoms with Gasteiger partial charge in [-0.15, -0.1) is 0 Å². The molecular weight excluding hydrogens is 390 g/mol. The number of carbonyl (C=O) groups excluding carboxylic acids is 2. The molecule has 30 heavy (non-hydrogen) atoms. The van der Waals surface area contributed by atoms with E-state index in [1.54, 1.807) is 26.8 Å². The number of rotatable bonds is 6. The van der Waals surface area contributed by atoms with Crippen LogP contribution in [0.5, 0.6) is 0 Å². The highest BCUT2D eigenvalue weighted by Crippen LogP contribution is 2.23. The van der Waals surface area contributed by atoms with E-state index in [0.29, 0.717) is 44.8 Å². The zero-order valence-electron chi connectivity index (χ0n) is 18.4. The Balaban J connectivity index is 0.00000218. The minimum Gasteiger partial charge on any atom is -0.444 e. The molecular formula is C20H33N5O5. The standard InChI is InChI=1S/C18H27N5O5.C2H6/c1-18(2,3)28-17(25)20-9-8-19-16(24)13-6-10-22(11-7-13)15-5-4-14(12-21-15)23(26)27;1-2/h4-5,12-13H,6-11H2,1-3H3,(H,19,24)(H,20,25);1-2H3. The highest BCUT2D eigenvalue weighted by Gasteiger charge is 2.25. The predicted octanol–water partition coefficient (Wildman–Crippen LogP) is 2.87. The van der Waals surface area contributed by atoms with Crippen LogP contribution in [0.1, 0.15) is 47.5 Å². The maximum atomic E-state index is 12.3. The van der Waals surface area contributed by atoms with E-state index in [1.165, 1.54) is 12.3 Å². The van der Waals surface area contributed by atoms with Gasteiger partial charge >= 0.3 is 6.09 Å². The molecule has 0 atom stereocenters. The predicted molar refractivity (Wildman–Crippen MR) is 114 cm³/mol. The van der Waals surface area contributed by atoms with Crippen molar-refractivity contribution in [2.75, 3.05) is 31.1 Å². The van der Waals surface area contributed by atoms with Crippen LogP contribution in [0.3, 0.4) is 0 Å². The number of carbonyl (C=O) groups is 2. The lowest BCUT2D eigenvalue weighted by molar-refractivity contribution is -0.385. The number of aromatic nitrogens is 1. The first-order chi connectivity index (χ1) is 14.2. The van der Waals surface area contributed by atoms with Gasteiger partial charge in [-0.1, -0.05) is 13.8 Å². The number of anilines is 1. The Labute approximate surface area is 177 Å². The molecule has 10 nitrogen and oxygen atoms in total. The van der Waals surface area contributed by atoms with Crippen LogP contribution in [0, 0.1) is 16.0 Å². The number of hydrogen-bond donors (Lipinski definition) is 2. The van der Waals surface area contributed by atoms with Gasteiger partial charge in [0, 0.05) is 38.2 Å². The van der Waals surface area contributed by atoms with Gasteiger partial charge in [0.1, 0.15) is 17.6 Å². The van der Waals surface area contributed by atoms with Crippen molar-refractivity contribution in [1.29, 1.82) is 0 Å². The Hall–Kier alpha value is -2.91. The van der Waals surface area contributed by atoms with Gasteiger partial charge in [0.15, 0.2) is 0 Å². The topological polar surface area (TPSA) is 127 Å². The van der Waals surface area contributed by atoms with Gasteiger partial charge in [-0.3, -0.25) is 14.9 Å². The van der Waals surface area contributed by atoms with E-state index in [0.717, 1.165) is 0 Å². The molecule has 2 N–H and O–H groups in total. The van der Waals surface area contributed by atoms with Gasteiger partial charge in [-0.25, -0.2) is 9.78 Å². The van der Waals surface area contributed by atoms with Crippen molar-refractivity contribution in [2.24, 2.45) is 5.92 Å². The van der Waals surface area contributed by atoms with Crippen molar-refractivity contribution in [3.63, 3.8) is 0 Å². The molecule has 1 aromatic rings. The number of amides is 2. The molecule has 2 amide bonds. The molecule has 1 fully saturated rings. The van der Waals surface area contributed by atoms with Crippen LogP contribution in [0.25, 0.3) is 0 Å². The van der Waals surface area contributed by atoms with Crippen molar-refractivity contribution < 1.29 is 19.2 Å². The summed E-state index contributed by atoms with van der Waals surface area (Å²) < 4.78 is 5.12. The molecule has 0 unspecified atom stereocenters. The summed E-state index contributed by atoms with van der Waals surface area (Å²) in [6, 6.07) is 3.06. The van der Waals surface area contributed by atoms with Crippen molar-refractivity contribution in [3.8, 4) is 0 Å². The first kappa shape index (κ1) is 25.1. The molecule has 0 saturated carbocycles. The highest BCUT2D eigenvalue weighted by molar-refractivity contribution is 5.79. The van der Waals surface area contributed by atoms with Crippen LogP contribution < -0.4 is 15.5 Å². The molecule has 2 rings (SSSR count). The molecule has 168 valence electrons. The minimum atomic E-state index is -0.556. The fourth-order valence-corrected chi connectivity index (χ4v) is 2.85. The second-order valence-corrected chi connectivity index (χ2v) is 7.61. The fourth-order valence-electron chi connectivity index (χ4n) is 2.85. The monoisotopic (exact) mass is 423 g/mol. The summed E-state index contributed by atoms with van der Waals surface area (Å²) in [7, 11) is 0. The molecule has 1 aliphatic rings. The van der Waals surface area contributed by atoms with Crippen molar-refractivity contribution in [1.82, 2.24) is 15.6 Å². The SMILES string of the molecule is CC.CC(C)(C)OC(=O)NCCNC(=O)C1CCN(c2ccc([N+](=O)[O-])cn2)CC1. The Morgan fingerprint density at radius 1 is 1.20 bits per heavy atom. The van der Waals surface area contributed by atoms with Crippen molar-refractivity contribution in [2.45, 2.75) is 53.1 Å². The maximum Gasteiger partial charge on any atom is 0.407 e. The van der Waals surface area contributed by atoms with E-state index in [9.17, 15) is 19.7 Å². The van der Waals surface area contributed by atoms with E-state index in [4.69, 9.17) is 4.74 Å². The number of pyridine rings is 1. The lowest BCUT2D eigenvalue weighted by Crippen LogP contribution is -2.43. The third-order valence-corrected chi connectivity index (χ3v) is 4.23.